The van der Waals surface area contributed by atoms with Gasteiger partial charge < -0.3 is 20.1 Å². The number of amides is 2. The van der Waals surface area contributed by atoms with E-state index in [1.807, 2.05) is 0 Å². The van der Waals surface area contributed by atoms with Crippen LogP contribution in [0.3, 0.4) is 0 Å². The second kappa shape index (κ2) is 4.21. The van der Waals surface area contributed by atoms with E-state index in [1.54, 1.807) is 18.2 Å². The number of hydrogen-bond donors (Lipinski definition) is 2. The van der Waals surface area contributed by atoms with Crippen LogP contribution in [0.2, 0.25) is 0 Å². The van der Waals surface area contributed by atoms with Crippen LogP contribution in [0, 0.1) is 5.92 Å². The first-order valence-corrected chi connectivity index (χ1v) is 5.69. The predicted molar refractivity (Wildman–Crippen MR) is 62.3 cm³/mol. The van der Waals surface area contributed by atoms with E-state index in [2.05, 4.69) is 10.6 Å². The molecule has 2 aliphatic rings. The lowest BCUT2D eigenvalue weighted by Crippen LogP contribution is -2.24. The van der Waals surface area contributed by atoms with Crippen molar-refractivity contribution >= 4 is 17.5 Å². The van der Waals surface area contributed by atoms with Crippen molar-refractivity contribution in [3.8, 4) is 11.5 Å². The second-order valence-corrected chi connectivity index (χ2v) is 4.26. The first kappa shape index (κ1) is 10.9. The Kier molecular flexibility index (Phi) is 2.55. The number of ether oxygens (including phenoxy) is 2. The fourth-order valence-electron chi connectivity index (χ4n) is 2.01. The molecule has 18 heavy (non-hydrogen) atoms. The van der Waals surface area contributed by atoms with Gasteiger partial charge in [-0.2, -0.15) is 0 Å². The molecule has 6 heteroatoms. The second-order valence-electron chi connectivity index (χ2n) is 4.26. The molecule has 2 aliphatic heterocycles. The summed E-state index contributed by atoms with van der Waals surface area (Å²) in [6, 6.07) is 5.20. The number of hydrogen-bond acceptors (Lipinski definition) is 4. The van der Waals surface area contributed by atoms with E-state index in [1.165, 1.54) is 0 Å². The Bertz CT molecular complexity index is 515. The Balaban J connectivity index is 1.69. The Hall–Kier alpha value is -2.24. The third-order valence-electron chi connectivity index (χ3n) is 2.99. The molecule has 1 fully saturated rings. The normalized spacial score (nSPS) is 20.7. The maximum atomic E-state index is 11.9. The average Bonchev–Trinajstić information content (AvgIpc) is 2.96. The zero-order chi connectivity index (χ0) is 12.5. The van der Waals surface area contributed by atoms with E-state index in [-0.39, 0.29) is 30.9 Å². The summed E-state index contributed by atoms with van der Waals surface area (Å²) in [5.41, 5.74) is 0.642. The molecule has 3 rings (SSSR count). The summed E-state index contributed by atoms with van der Waals surface area (Å²) < 4.78 is 10.4. The SMILES string of the molecule is O=C1CC(C(=O)Nc2ccc3c(c2)OCO3)CN1. The smallest absolute Gasteiger partial charge is 0.231 e. The molecule has 6 nitrogen and oxygen atoms in total. The summed E-state index contributed by atoms with van der Waals surface area (Å²) in [5.74, 6) is 0.745. The summed E-state index contributed by atoms with van der Waals surface area (Å²) in [7, 11) is 0. The Labute approximate surface area is 103 Å². The zero-order valence-corrected chi connectivity index (χ0v) is 9.56. The van der Waals surface area contributed by atoms with Crippen LogP contribution in [0.4, 0.5) is 5.69 Å². The molecule has 0 bridgehead atoms. The van der Waals surface area contributed by atoms with Crippen molar-refractivity contribution in [1.29, 1.82) is 0 Å². The van der Waals surface area contributed by atoms with Gasteiger partial charge in [-0.3, -0.25) is 9.59 Å². The van der Waals surface area contributed by atoms with Crippen molar-refractivity contribution in [3.63, 3.8) is 0 Å². The molecule has 1 unspecified atom stereocenters. The third-order valence-corrected chi connectivity index (χ3v) is 2.99. The number of rotatable bonds is 2. The van der Waals surface area contributed by atoms with E-state index in [9.17, 15) is 9.59 Å². The van der Waals surface area contributed by atoms with Crippen LogP contribution >= 0.6 is 0 Å². The van der Waals surface area contributed by atoms with Gasteiger partial charge in [-0.15, -0.1) is 0 Å². The molecule has 2 N–H and O–H groups in total. The molecular weight excluding hydrogens is 236 g/mol. The molecule has 2 heterocycles. The van der Waals surface area contributed by atoms with Crippen LogP contribution in [-0.4, -0.2) is 25.2 Å². The molecule has 94 valence electrons. The Morgan fingerprint density at radius 1 is 1.33 bits per heavy atom. The van der Waals surface area contributed by atoms with Gasteiger partial charge in [0.1, 0.15) is 0 Å². The van der Waals surface area contributed by atoms with Crippen molar-refractivity contribution in [2.45, 2.75) is 6.42 Å². The fourth-order valence-corrected chi connectivity index (χ4v) is 2.01. The minimum absolute atomic E-state index is 0.0826. The molecule has 1 aromatic carbocycles. The minimum atomic E-state index is -0.303. The first-order chi connectivity index (χ1) is 8.72. The van der Waals surface area contributed by atoms with Crippen LogP contribution in [-0.2, 0) is 9.59 Å². The van der Waals surface area contributed by atoms with Crippen LogP contribution in [0.5, 0.6) is 11.5 Å². The average molecular weight is 248 g/mol. The number of anilines is 1. The monoisotopic (exact) mass is 248 g/mol. The highest BCUT2D eigenvalue weighted by atomic mass is 16.7. The topological polar surface area (TPSA) is 76.7 Å². The maximum absolute atomic E-state index is 11.9. The molecule has 0 spiro atoms. The van der Waals surface area contributed by atoms with Gasteiger partial charge in [0.15, 0.2) is 11.5 Å². The molecule has 2 amide bonds. The van der Waals surface area contributed by atoms with Crippen molar-refractivity contribution < 1.29 is 19.1 Å². The fraction of sp³-hybridized carbons (Fsp3) is 0.333. The number of carbonyl (C=O) groups excluding carboxylic acids is 2. The molecule has 0 aromatic heterocycles. The summed E-state index contributed by atoms with van der Waals surface area (Å²) in [4.78, 5) is 22.9. The summed E-state index contributed by atoms with van der Waals surface area (Å²) in [6.07, 6.45) is 0.246. The Morgan fingerprint density at radius 3 is 2.94 bits per heavy atom. The van der Waals surface area contributed by atoms with E-state index in [4.69, 9.17) is 9.47 Å². The van der Waals surface area contributed by atoms with Crippen molar-refractivity contribution in [1.82, 2.24) is 5.32 Å². The van der Waals surface area contributed by atoms with Gasteiger partial charge in [0, 0.05) is 24.7 Å². The maximum Gasteiger partial charge on any atom is 0.231 e. The minimum Gasteiger partial charge on any atom is -0.454 e. The van der Waals surface area contributed by atoms with Crippen molar-refractivity contribution in [2.75, 3.05) is 18.7 Å². The van der Waals surface area contributed by atoms with Crippen LogP contribution < -0.4 is 20.1 Å². The molecular formula is C12H12N2O4. The van der Waals surface area contributed by atoms with Gasteiger partial charge in [0.2, 0.25) is 18.6 Å². The third kappa shape index (κ3) is 1.97. The number of nitrogens with one attached hydrogen (secondary N) is 2. The van der Waals surface area contributed by atoms with Crippen LogP contribution in [0.1, 0.15) is 6.42 Å². The predicted octanol–water partition coefficient (Wildman–Crippen LogP) is 0.490. The van der Waals surface area contributed by atoms with E-state index in [0.717, 1.165) is 0 Å². The van der Waals surface area contributed by atoms with Crippen LogP contribution in [0.25, 0.3) is 0 Å². The highest BCUT2D eigenvalue weighted by Gasteiger charge is 2.28. The lowest BCUT2D eigenvalue weighted by Gasteiger charge is -2.09. The molecule has 0 radical (unpaired) electrons. The Morgan fingerprint density at radius 2 is 2.17 bits per heavy atom. The van der Waals surface area contributed by atoms with Gasteiger partial charge in [0.05, 0.1) is 5.92 Å². The summed E-state index contributed by atoms with van der Waals surface area (Å²) >= 11 is 0. The van der Waals surface area contributed by atoms with E-state index in [0.29, 0.717) is 23.7 Å². The quantitative estimate of drug-likeness (QED) is 0.798. The lowest BCUT2D eigenvalue weighted by atomic mass is 10.1. The largest absolute Gasteiger partial charge is 0.454 e. The van der Waals surface area contributed by atoms with Crippen LogP contribution in [0.15, 0.2) is 18.2 Å². The molecule has 0 aliphatic carbocycles. The highest BCUT2D eigenvalue weighted by Crippen LogP contribution is 2.34. The van der Waals surface area contributed by atoms with Gasteiger partial charge in [-0.25, -0.2) is 0 Å². The highest BCUT2D eigenvalue weighted by molar-refractivity contribution is 5.97. The molecule has 0 saturated carbocycles. The van der Waals surface area contributed by atoms with Crippen molar-refractivity contribution in [2.24, 2.45) is 5.92 Å². The zero-order valence-electron chi connectivity index (χ0n) is 9.56. The number of fused-ring (bicyclic) bond motifs is 1. The van der Waals surface area contributed by atoms with Gasteiger partial charge in [-0.1, -0.05) is 0 Å². The number of benzene rings is 1. The van der Waals surface area contributed by atoms with Gasteiger partial charge in [0.25, 0.3) is 0 Å². The lowest BCUT2D eigenvalue weighted by molar-refractivity contribution is -0.123. The van der Waals surface area contributed by atoms with Crippen molar-refractivity contribution in [3.05, 3.63) is 18.2 Å². The molecule has 1 atom stereocenters. The molecule has 1 aromatic rings. The summed E-state index contributed by atoms with van der Waals surface area (Å²) in [5, 5.41) is 5.40. The number of carbonyl (C=O) groups is 2. The van der Waals surface area contributed by atoms with Gasteiger partial charge >= 0.3 is 0 Å². The first-order valence-electron chi connectivity index (χ1n) is 5.69. The van der Waals surface area contributed by atoms with Gasteiger partial charge in [-0.05, 0) is 12.1 Å². The summed E-state index contributed by atoms with van der Waals surface area (Å²) in [6.45, 7) is 0.600. The van der Waals surface area contributed by atoms with E-state index < -0.39 is 0 Å². The standard InChI is InChI=1S/C12H12N2O4/c15-11-3-7(5-13-11)12(16)14-8-1-2-9-10(4-8)18-6-17-9/h1-2,4,7H,3,5-6H2,(H,13,15)(H,14,16). The molecule has 1 saturated heterocycles. The van der Waals surface area contributed by atoms with E-state index >= 15 is 0 Å².